The van der Waals surface area contributed by atoms with Crippen molar-refractivity contribution >= 4 is 27.5 Å². The number of nitrogens with one attached hydrogen (secondary N) is 1. The fourth-order valence-corrected chi connectivity index (χ4v) is 5.76. The summed E-state index contributed by atoms with van der Waals surface area (Å²) in [6, 6.07) is 19.4. The average molecular weight is 568 g/mol. The molecule has 0 heterocycles. The summed E-state index contributed by atoms with van der Waals surface area (Å²) in [5, 5.41) is 2.80. The number of carbonyl (C=O) groups excluding carboxylic acids is 2. The highest BCUT2D eigenvalue weighted by atomic mass is 32.2. The summed E-state index contributed by atoms with van der Waals surface area (Å²) in [6.07, 6.45) is 0.345. The Labute approximate surface area is 236 Å². The molecule has 0 aliphatic carbocycles. The molecule has 2 amide bonds. The second kappa shape index (κ2) is 13.8. The lowest BCUT2D eigenvalue weighted by Gasteiger charge is -2.33. The number of hydrogen-bond acceptors (Lipinski definition) is 6. The van der Waals surface area contributed by atoms with Crippen LogP contribution in [0.5, 0.6) is 11.5 Å². The summed E-state index contributed by atoms with van der Waals surface area (Å²) in [7, 11) is -1.34. The fourth-order valence-electron chi connectivity index (χ4n) is 4.33. The number of methoxy groups -OCH3 is 2. The lowest BCUT2D eigenvalue weighted by atomic mass is 10.1. The van der Waals surface area contributed by atoms with E-state index < -0.39 is 28.5 Å². The second-order valence-corrected chi connectivity index (χ2v) is 11.1. The van der Waals surface area contributed by atoms with E-state index in [0.29, 0.717) is 18.7 Å². The van der Waals surface area contributed by atoms with Crippen LogP contribution in [0.1, 0.15) is 31.4 Å². The molecule has 1 N–H and O–H groups in total. The number of carbonyl (C=O) groups is 2. The van der Waals surface area contributed by atoms with Gasteiger partial charge in [0.25, 0.3) is 10.0 Å². The Morgan fingerprint density at radius 2 is 1.60 bits per heavy atom. The molecule has 0 aliphatic heterocycles. The first-order valence-corrected chi connectivity index (χ1v) is 14.5. The third-order valence-corrected chi connectivity index (χ3v) is 8.25. The van der Waals surface area contributed by atoms with Crippen LogP contribution in [-0.2, 0) is 26.2 Å². The van der Waals surface area contributed by atoms with E-state index in [-0.39, 0.29) is 28.8 Å². The number of ether oxygens (including phenoxy) is 2. The van der Waals surface area contributed by atoms with E-state index in [1.165, 1.54) is 37.3 Å². The molecular formula is C30H37N3O6S. The Morgan fingerprint density at radius 3 is 2.17 bits per heavy atom. The van der Waals surface area contributed by atoms with Gasteiger partial charge in [0.05, 0.1) is 24.8 Å². The van der Waals surface area contributed by atoms with Crippen LogP contribution in [0.2, 0.25) is 0 Å². The maximum absolute atomic E-state index is 14.1. The SMILES string of the molecule is CCNC(=O)[C@@H](CC)N(Cc1ccc(C)cc1)C(=O)CN(c1cc(OC)ccc1OC)S(=O)(=O)c1ccccc1. The second-order valence-electron chi connectivity index (χ2n) is 9.19. The fraction of sp³-hybridized carbons (Fsp3) is 0.333. The average Bonchev–Trinajstić information content (AvgIpc) is 2.96. The van der Waals surface area contributed by atoms with Crippen molar-refractivity contribution in [3.63, 3.8) is 0 Å². The van der Waals surface area contributed by atoms with Crippen molar-refractivity contribution in [3.8, 4) is 11.5 Å². The van der Waals surface area contributed by atoms with E-state index in [9.17, 15) is 18.0 Å². The summed E-state index contributed by atoms with van der Waals surface area (Å²) in [5.41, 5.74) is 2.01. The van der Waals surface area contributed by atoms with Crippen molar-refractivity contribution in [2.75, 3.05) is 31.6 Å². The number of rotatable bonds is 13. The van der Waals surface area contributed by atoms with Crippen molar-refractivity contribution in [2.45, 2.75) is 44.7 Å². The van der Waals surface area contributed by atoms with Crippen LogP contribution in [0.4, 0.5) is 5.69 Å². The maximum atomic E-state index is 14.1. The molecular weight excluding hydrogens is 530 g/mol. The quantitative estimate of drug-likeness (QED) is 0.333. The van der Waals surface area contributed by atoms with E-state index in [1.54, 1.807) is 37.3 Å². The molecule has 0 spiro atoms. The van der Waals surface area contributed by atoms with Gasteiger partial charge in [0, 0.05) is 19.2 Å². The largest absolute Gasteiger partial charge is 0.497 e. The summed E-state index contributed by atoms with van der Waals surface area (Å²) in [4.78, 5) is 28.6. The molecule has 0 bridgehead atoms. The van der Waals surface area contributed by atoms with Gasteiger partial charge in [-0.2, -0.15) is 0 Å². The molecule has 0 saturated carbocycles. The summed E-state index contributed by atoms with van der Waals surface area (Å²) in [5.74, 6) is -0.208. The van der Waals surface area contributed by atoms with Gasteiger partial charge >= 0.3 is 0 Å². The van der Waals surface area contributed by atoms with Crippen LogP contribution in [-0.4, -0.2) is 58.5 Å². The monoisotopic (exact) mass is 567 g/mol. The molecule has 0 aromatic heterocycles. The number of nitrogens with zero attached hydrogens (tertiary/aromatic N) is 2. The van der Waals surface area contributed by atoms with Crippen LogP contribution < -0.4 is 19.1 Å². The predicted molar refractivity (Wildman–Crippen MR) is 155 cm³/mol. The van der Waals surface area contributed by atoms with Gasteiger partial charge in [0.15, 0.2) is 0 Å². The van der Waals surface area contributed by atoms with Gasteiger partial charge in [-0.1, -0.05) is 55.0 Å². The Balaban J connectivity index is 2.13. The third kappa shape index (κ3) is 7.12. The van der Waals surface area contributed by atoms with Gasteiger partial charge < -0.3 is 19.7 Å². The lowest BCUT2D eigenvalue weighted by Crippen LogP contribution is -2.52. The zero-order valence-corrected chi connectivity index (χ0v) is 24.4. The van der Waals surface area contributed by atoms with Crippen LogP contribution >= 0.6 is 0 Å². The topological polar surface area (TPSA) is 105 Å². The minimum absolute atomic E-state index is 0.00789. The van der Waals surface area contributed by atoms with Gasteiger partial charge in [0.1, 0.15) is 24.1 Å². The minimum Gasteiger partial charge on any atom is -0.497 e. The first-order chi connectivity index (χ1) is 19.2. The molecule has 214 valence electrons. The Morgan fingerprint density at radius 1 is 0.925 bits per heavy atom. The number of hydrogen-bond donors (Lipinski definition) is 1. The van der Waals surface area contributed by atoms with Crippen molar-refractivity contribution in [1.29, 1.82) is 0 Å². The summed E-state index contributed by atoms with van der Waals surface area (Å²) < 4.78 is 39.9. The summed E-state index contributed by atoms with van der Waals surface area (Å²) >= 11 is 0. The zero-order chi connectivity index (χ0) is 29.3. The highest BCUT2D eigenvalue weighted by Crippen LogP contribution is 2.36. The molecule has 3 aromatic carbocycles. The first-order valence-electron chi connectivity index (χ1n) is 13.1. The van der Waals surface area contributed by atoms with Gasteiger partial charge in [0.2, 0.25) is 11.8 Å². The molecule has 0 fully saturated rings. The highest BCUT2D eigenvalue weighted by molar-refractivity contribution is 7.92. The van der Waals surface area contributed by atoms with Crippen molar-refractivity contribution in [1.82, 2.24) is 10.2 Å². The number of benzene rings is 3. The standard InChI is InChI=1S/C30H37N3O6S/c1-6-26(30(35)31-7-2)32(20-23-15-13-22(3)14-16-23)29(34)21-33(40(36,37)25-11-9-8-10-12-25)27-19-24(38-4)17-18-28(27)39-5/h8-19,26H,6-7,20-21H2,1-5H3,(H,31,35)/t26-/m1/s1. The molecule has 3 aromatic rings. The van der Waals surface area contributed by atoms with Gasteiger partial charge in [-0.25, -0.2) is 8.42 Å². The minimum atomic E-state index is -4.23. The van der Waals surface area contributed by atoms with Crippen LogP contribution in [0.3, 0.4) is 0 Å². The molecule has 10 heteroatoms. The van der Waals surface area contributed by atoms with Crippen LogP contribution in [0.15, 0.2) is 77.7 Å². The van der Waals surface area contributed by atoms with Crippen molar-refractivity contribution in [3.05, 3.63) is 83.9 Å². The van der Waals surface area contributed by atoms with Crippen LogP contribution in [0, 0.1) is 6.92 Å². The van der Waals surface area contributed by atoms with Gasteiger partial charge in [-0.05, 0) is 50.1 Å². The van der Waals surface area contributed by atoms with Crippen molar-refractivity contribution in [2.24, 2.45) is 0 Å². The Hall–Kier alpha value is -4.05. The molecule has 9 nitrogen and oxygen atoms in total. The zero-order valence-electron chi connectivity index (χ0n) is 23.6. The van der Waals surface area contributed by atoms with E-state index >= 15 is 0 Å². The van der Waals surface area contributed by atoms with Gasteiger partial charge in [-0.3, -0.25) is 13.9 Å². The van der Waals surface area contributed by atoms with E-state index in [1.807, 2.05) is 38.1 Å². The molecule has 40 heavy (non-hydrogen) atoms. The molecule has 0 unspecified atom stereocenters. The Bertz CT molecular complexity index is 1390. The maximum Gasteiger partial charge on any atom is 0.264 e. The van der Waals surface area contributed by atoms with Crippen LogP contribution in [0.25, 0.3) is 0 Å². The van der Waals surface area contributed by atoms with Gasteiger partial charge in [-0.15, -0.1) is 0 Å². The van der Waals surface area contributed by atoms with E-state index in [2.05, 4.69) is 5.32 Å². The molecule has 0 aliphatic rings. The Kier molecular flexibility index (Phi) is 10.6. The first kappa shape index (κ1) is 30.5. The molecule has 1 atom stereocenters. The lowest BCUT2D eigenvalue weighted by molar-refractivity contribution is -0.140. The highest BCUT2D eigenvalue weighted by Gasteiger charge is 2.34. The third-order valence-electron chi connectivity index (χ3n) is 6.48. The number of sulfonamides is 1. The predicted octanol–water partition coefficient (Wildman–Crippen LogP) is 4.15. The normalized spacial score (nSPS) is 11.8. The van der Waals surface area contributed by atoms with E-state index in [4.69, 9.17) is 9.47 Å². The number of aryl methyl sites for hydroxylation is 1. The summed E-state index contributed by atoms with van der Waals surface area (Å²) in [6.45, 7) is 5.55. The smallest absolute Gasteiger partial charge is 0.264 e. The van der Waals surface area contributed by atoms with Crippen molar-refractivity contribution < 1.29 is 27.5 Å². The molecule has 0 saturated heterocycles. The molecule has 3 rings (SSSR count). The number of anilines is 1. The number of amides is 2. The molecule has 0 radical (unpaired) electrons. The van der Waals surface area contributed by atoms with E-state index in [0.717, 1.165) is 15.4 Å². The number of likely N-dealkylation sites (N-methyl/N-ethyl adjacent to an activating group) is 1.